The van der Waals surface area contributed by atoms with Crippen LogP contribution in [0.3, 0.4) is 0 Å². The van der Waals surface area contributed by atoms with Gasteiger partial charge in [-0.3, -0.25) is 4.79 Å². The van der Waals surface area contributed by atoms with Crippen LogP contribution in [0.2, 0.25) is 0 Å². The van der Waals surface area contributed by atoms with E-state index in [0.29, 0.717) is 11.3 Å². The Balaban J connectivity index is 1.71. The van der Waals surface area contributed by atoms with E-state index in [4.69, 9.17) is 4.74 Å². The van der Waals surface area contributed by atoms with Gasteiger partial charge in [0.05, 0.1) is 12.9 Å². The fraction of sp³-hybridized carbons (Fsp3) is 0.211. The van der Waals surface area contributed by atoms with Crippen LogP contribution in [-0.2, 0) is 7.05 Å². The van der Waals surface area contributed by atoms with Crippen LogP contribution in [0.25, 0.3) is 11.4 Å². The number of aryl methyl sites for hydroxylation is 1. The summed E-state index contributed by atoms with van der Waals surface area (Å²) in [7, 11) is 3.52. The van der Waals surface area contributed by atoms with Gasteiger partial charge in [0.25, 0.3) is 0 Å². The standard InChI is InChI=1S/C19H19N3O2S/c1-13-6-4-5-7-16(13)18-20-21-19(22(18)2)25-12-17(23)14-8-10-15(24-3)11-9-14/h4-11H,12H2,1-3H3. The lowest BCUT2D eigenvalue weighted by atomic mass is 10.1. The van der Waals surface area contributed by atoms with Gasteiger partial charge in [0.2, 0.25) is 0 Å². The molecular formula is C19H19N3O2S. The molecule has 5 nitrogen and oxygen atoms in total. The summed E-state index contributed by atoms with van der Waals surface area (Å²) in [6, 6.07) is 15.2. The highest BCUT2D eigenvalue weighted by Crippen LogP contribution is 2.25. The molecule has 0 bridgehead atoms. The average Bonchev–Trinajstić information content (AvgIpc) is 3.00. The number of aromatic nitrogens is 3. The summed E-state index contributed by atoms with van der Waals surface area (Å²) < 4.78 is 7.04. The average molecular weight is 353 g/mol. The minimum absolute atomic E-state index is 0.0492. The maximum Gasteiger partial charge on any atom is 0.191 e. The number of ether oxygens (including phenoxy) is 1. The second kappa shape index (κ2) is 7.53. The van der Waals surface area contributed by atoms with E-state index in [1.807, 2.05) is 42.8 Å². The van der Waals surface area contributed by atoms with E-state index in [2.05, 4.69) is 10.2 Å². The second-order valence-electron chi connectivity index (χ2n) is 5.62. The Bertz CT molecular complexity index is 888. The summed E-state index contributed by atoms with van der Waals surface area (Å²) in [5.41, 5.74) is 2.85. The molecule has 25 heavy (non-hydrogen) atoms. The second-order valence-corrected chi connectivity index (χ2v) is 6.56. The molecule has 0 saturated carbocycles. The van der Waals surface area contributed by atoms with Crippen molar-refractivity contribution < 1.29 is 9.53 Å². The van der Waals surface area contributed by atoms with Gasteiger partial charge in [-0.1, -0.05) is 36.0 Å². The highest BCUT2D eigenvalue weighted by molar-refractivity contribution is 7.99. The van der Waals surface area contributed by atoms with Gasteiger partial charge in [-0.25, -0.2) is 0 Å². The Kier molecular flexibility index (Phi) is 5.19. The first-order valence-electron chi connectivity index (χ1n) is 7.85. The van der Waals surface area contributed by atoms with Crippen molar-refractivity contribution in [2.24, 2.45) is 7.05 Å². The highest BCUT2D eigenvalue weighted by Gasteiger charge is 2.14. The quantitative estimate of drug-likeness (QED) is 0.499. The van der Waals surface area contributed by atoms with Crippen molar-refractivity contribution >= 4 is 17.5 Å². The summed E-state index contributed by atoms with van der Waals surface area (Å²) in [6.45, 7) is 2.05. The van der Waals surface area contributed by atoms with E-state index in [1.165, 1.54) is 11.8 Å². The van der Waals surface area contributed by atoms with Crippen LogP contribution in [0.1, 0.15) is 15.9 Å². The zero-order chi connectivity index (χ0) is 17.8. The summed E-state index contributed by atoms with van der Waals surface area (Å²) in [5.74, 6) is 1.90. The Labute approximate surface area is 151 Å². The molecule has 0 amide bonds. The summed E-state index contributed by atoms with van der Waals surface area (Å²) in [6.07, 6.45) is 0. The number of ketones is 1. The first kappa shape index (κ1) is 17.2. The van der Waals surface area contributed by atoms with Crippen LogP contribution >= 0.6 is 11.8 Å². The number of Topliss-reactive ketones (excluding diaryl/α,β-unsaturated/α-hetero) is 1. The third-order valence-corrected chi connectivity index (χ3v) is 4.99. The number of carbonyl (C=O) groups excluding carboxylic acids is 1. The van der Waals surface area contributed by atoms with Gasteiger partial charge in [0.15, 0.2) is 16.8 Å². The lowest BCUT2D eigenvalue weighted by Crippen LogP contribution is -2.04. The van der Waals surface area contributed by atoms with Crippen molar-refractivity contribution in [1.29, 1.82) is 0 Å². The molecule has 0 aliphatic heterocycles. The van der Waals surface area contributed by atoms with Gasteiger partial charge in [0, 0.05) is 18.2 Å². The van der Waals surface area contributed by atoms with Crippen LogP contribution in [0.4, 0.5) is 0 Å². The first-order chi connectivity index (χ1) is 12.1. The number of hydrogen-bond acceptors (Lipinski definition) is 5. The van der Waals surface area contributed by atoms with Crippen molar-refractivity contribution in [1.82, 2.24) is 14.8 Å². The fourth-order valence-electron chi connectivity index (χ4n) is 2.49. The molecule has 0 spiro atoms. The topological polar surface area (TPSA) is 57.0 Å². The maximum atomic E-state index is 12.3. The molecule has 3 rings (SSSR count). The van der Waals surface area contributed by atoms with E-state index in [-0.39, 0.29) is 5.78 Å². The monoisotopic (exact) mass is 353 g/mol. The third-order valence-electron chi connectivity index (χ3n) is 3.97. The largest absolute Gasteiger partial charge is 0.497 e. The number of carbonyl (C=O) groups is 1. The van der Waals surface area contributed by atoms with Crippen molar-refractivity contribution in [2.45, 2.75) is 12.1 Å². The lowest BCUT2D eigenvalue weighted by molar-refractivity contribution is 0.102. The number of thioether (sulfide) groups is 1. The van der Waals surface area contributed by atoms with Crippen molar-refractivity contribution in [2.75, 3.05) is 12.9 Å². The predicted octanol–water partition coefficient (Wildman–Crippen LogP) is 3.77. The van der Waals surface area contributed by atoms with Crippen LogP contribution in [0.5, 0.6) is 5.75 Å². The van der Waals surface area contributed by atoms with Gasteiger partial charge < -0.3 is 9.30 Å². The molecule has 0 unspecified atom stereocenters. The molecule has 0 radical (unpaired) electrons. The predicted molar refractivity (Wildman–Crippen MR) is 99.2 cm³/mol. The zero-order valence-electron chi connectivity index (χ0n) is 14.4. The Morgan fingerprint density at radius 2 is 1.84 bits per heavy atom. The van der Waals surface area contributed by atoms with Gasteiger partial charge in [-0.2, -0.15) is 0 Å². The molecule has 2 aromatic carbocycles. The number of hydrogen-bond donors (Lipinski definition) is 0. The molecule has 0 aliphatic carbocycles. The van der Waals surface area contributed by atoms with Crippen LogP contribution < -0.4 is 4.74 Å². The maximum absolute atomic E-state index is 12.3. The first-order valence-corrected chi connectivity index (χ1v) is 8.84. The lowest BCUT2D eigenvalue weighted by Gasteiger charge is -2.06. The molecule has 0 atom stereocenters. The minimum atomic E-state index is 0.0492. The Hall–Kier alpha value is -2.60. The summed E-state index contributed by atoms with van der Waals surface area (Å²) in [4.78, 5) is 12.3. The number of nitrogens with zero attached hydrogens (tertiary/aromatic N) is 3. The van der Waals surface area contributed by atoms with Crippen LogP contribution in [0, 0.1) is 6.92 Å². The van der Waals surface area contributed by atoms with E-state index in [0.717, 1.165) is 27.9 Å². The smallest absolute Gasteiger partial charge is 0.191 e. The molecule has 1 aromatic heterocycles. The fourth-order valence-corrected chi connectivity index (χ4v) is 3.29. The zero-order valence-corrected chi connectivity index (χ0v) is 15.2. The summed E-state index contributed by atoms with van der Waals surface area (Å²) in [5, 5.41) is 9.24. The number of methoxy groups -OCH3 is 1. The molecular weight excluding hydrogens is 334 g/mol. The molecule has 3 aromatic rings. The third kappa shape index (κ3) is 3.74. The Morgan fingerprint density at radius 3 is 2.52 bits per heavy atom. The molecule has 0 saturated heterocycles. The van der Waals surface area contributed by atoms with Gasteiger partial charge in [0.1, 0.15) is 5.75 Å². The van der Waals surface area contributed by atoms with E-state index in [1.54, 1.807) is 31.4 Å². The van der Waals surface area contributed by atoms with Crippen molar-refractivity contribution in [3.05, 3.63) is 59.7 Å². The molecule has 0 fully saturated rings. The molecule has 6 heteroatoms. The highest BCUT2D eigenvalue weighted by atomic mass is 32.2. The van der Waals surface area contributed by atoms with Gasteiger partial charge in [-0.05, 0) is 36.8 Å². The SMILES string of the molecule is COc1ccc(C(=O)CSc2nnc(-c3ccccc3C)n2C)cc1. The number of rotatable bonds is 6. The van der Waals surface area contributed by atoms with Crippen LogP contribution in [0.15, 0.2) is 53.7 Å². The molecule has 128 valence electrons. The van der Waals surface area contributed by atoms with Crippen molar-refractivity contribution in [3.63, 3.8) is 0 Å². The minimum Gasteiger partial charge on any atom is -0.497 e. The van der Waals surface area contributed by atoms with E-state index in [9.17, 15) is 4.79 Å². The van der Waals surface area contributed by atoms with Crippen LogP contribution in [-0.4, -0.2) is 33.4 Å². The Morgan fingerprint density at radius 1 is 1.12 bits per heavy atom. The molecule has 0 N–H and O–H groups in total. The van der Waals surface area contributed by atoms with Crippen molar-refractivity contribution in [3.8, 4) is 17.1 Å². The van der Waals surface area contributed by atoms with Gasteiger partial charge >= 0.3 is 0 Å². The number of benzene rings is 2. The molecule has 1 heterocycles. The van der Waals surface area contributed by atoms with E-state index < -0.39 is 0 Å². The summed E-state index contributed by atoms with van der Waals surface area (Å²) >= 11 is 1.39. The normalized spacial score (nSPS) is 10.7. The van der Waals surface area contributed by atoms with E-state index >= 15 is 0 Å². The van der Waals surface area contributed by atoms with Gasteiger partial charge in [-0.15, -0.1) is 10.2 Å². The molecule has 0 aliphatic rings.